The van der Waals surface area contributed by atoms with Crippen molar-refractivity contribution >= 4 is 31.4 Å². The van der Waals surface area contributed by atoms with Crippen LogP contribution in [-0.2, 0) is 39.0 Å². The van der Waals surface area contributed by atoms with Crippen LogP contribution >= 0.6 is 0 Å². The van der Waals surface area contributed by atoms with E-state index in [4.69, 9.17) is 18.9 Å². The lowest BCUT2D eigenvalue weighted by Gasteiger charge is -2.49. The van der Waals surface area contributed by atoms with Crippen LogP contribution in [-0.4, -0.2) is 98.8 Å². The lowest BCUT2D eigenvalue weighted by Crippen LogP contribution is -2.66. The van der Waals surface area contributed by atoms with Crippen LogP contribution in [0.5, 0.6) is 0 Å². The number of aliphatic hydroxyl groups is 1. The largest absolute Gasteiger partial charge is 0.389 e. The summed E-state index contributed by atoms with van der Waals surface area (Å²) in [7, 11) is -5.85. The molecule has 0 amide bonds. The standard InChI is InChI=1S/C27H36N4O13S2/c1-16-25(32)22(29(4)46(39,40)21-12-8-19(9-13-21)31(35)36)14-23(42-16)44-26-17(2)43-24(41-5)15-27(26,3)28-45(37,38)20-10-6-18(7-11-20)30(33)34/h6-13,16-17,22-26,28,32H,14-15H2,1-5H3/t16-,17-,22+,23-,24+,25-,26-,27+/m0/s1. The molecule has 0 unspecified atom stereocenters. The number of sulfonamides is 2. The zero-order valence-electron chi connectivity index (χ0n) is 25.6. The number of hydrogen-bond donors (Lipinski definition) is 2. The quantitative estimate of drug-likeness (QED) is 0.254. The summed E-state index contributed by atoms with van der Waals surface area (Å²) in [5.74, 6) is 0. The van der Waals surface area contributed by atoms with Gasteiger partial charge in [-0.05, 0) is 45.0 Å². The summed E-state index contributed by atoms with van der Waals surface area (Å²) in [6.45, 7) is 4.74. The maximum absolute atomic E-state index is 13.5. The van der Waals surface area contributed by atoms with Gasteiger partial charge in [0.15, 0.2) is 12.6 Å². The number of rotatable bonds is 11. The number of aliphatic hydroxyl groups excluding tert-OH is 1. The summed E-state index contributed by atoms with van der Waals surface area (Å²) in [5, 5.41) is 33.0. The Hall–Kier alpha value is -3.14. The number of nitro benzene ring substituents is 2. The Morgan fingerprint density at radius 1 is 0.913 bits per heavy atom. The second-order valence-corrected chi connectivity index (χ2v) is 15.1. The average molecular weight is 689 g/mol. The van der Waals surface area contributed by atoms with Crippen LogP contribution in [0.4, 0.5) is 11.4 Å². The van der Waals surface area contributed by atoms with E-state index in [9.17, 15) is 42.2 Å². The molecule has 0 aliphatic carbocycles. The Labute approximate surface area is 265 Å². The Kier molecular flexibility index (Phi) is 10.5. The molecule has 2 aromatic carbocycles. The van der Waals surface area contributed by atoms with E-state index in [2.05, 4.69) is 4.72 Å². The van der Waals surface area contributed by atoms with Crippen molar-refractivity contribution in [3.63, 3.8) is 0 Å². The number of non-ortho nitro benzene ring substituents is 2. The highest BCUT2D eigenvalue weighted by molar-refractivity contribution is 7.89. The van der Waals surface area contributed by atoms with Crippen LogP contribution in [0.2, 0.25) is 0 Å². The van der Waals surface area contributed by atoms with Crippen molar-refractivity contribution in [2.24, 2.45) is 0 Å². The smallest absolute Gasteiger partial charge is 0.269 e. The van der Waals surface area contributed by atoms with Crippen LogP contribution in [0.15, 0.2) is 58.3 Å². The molecule has 46 heavy (non-hydrogen) atoms. The van der Waals surface area contributed by atoms with E-state index in [0.29, 0.717) is 0 Å². The molecule has 0 saturated carbocycles. The SMILES string of the molecule is CO[C@H]1C[C@@](C)(NS(=O)(=O)c2ccc([N+](=O)[O-])cc2)[C@@H](O[C@H]2C[C@@H](N(C)S(=O)(=O)c3ccc([N+](=O)[O-])cc3)[C@@H](O)[C@H](C)O2)[C@H](C)O1. The van der Waals surface area contributed by atoms with Gasteiger partial charge in [-0.15, -0.1) is 0 Å². The van der Waals surface area contributed by atoms with Gasteiger partial charge < -0.3 is 24.1 Å². The van der Waals surface area contributed by atoms with Gasteiger partial charge in [0.2, 0.25) is 20.0 Å². The molecule has 0 radical (unpaired) electrons. The Morgan fingerprint density at radius 2 is 1.41 bits per heavy atom. The van der Waals surface area contributed by atoms with Gasteiger partial charge in [0.25, 0.3) is 11.4 Å². The summed E-state index contributed by atoms with van der Waals surface area (Å²) >= 11 is 0. The fourth-order valence-electron chi connectivity index (χ4n) is 5.68. The number of ether oxygens (including phenoxy) is 4. The van der Waals surface area contributed by atoms with Gasteiger partial charge in [0, 0.05) is 51.3 Å². The van der Waals surface area contributed by atoms with Crippen molar-refractivity contribution in [2.45, 2.75) is 92.0 Å². The number of nitrogens with one attached hydrogen (secondary N) is 1. The molecule has 2 saturated heterocycles. The molecule has 2 heterocycles. The second kappa shape index (κ2) is 13.5. The first kappa shape index (κ1) is 35.7. The van der Waals surface area contributed by atoms with Crippen LogP contribution in [0.25, 0.3) is 0 Å². The lowest BCUT2D eigenvalue weighted by atomic mass is 9.86. The highest BCUT2D eigenvalue weighted by Crippen LogP contribution is 2.37. The van der Waals surface area contributed by atoms with Gasteiger partial charge in [0.1, 0.15) is 6.10 Å². The molecule has 2 N–H and O–H groups in total. The van der Waals surface area contributed by atoms with E-state index in [-0.39, 0.29) is 34.0 Å². The van der Waals surface area contributed by atoms with E-state index in [1.807, 2.05) is 0 Å². The van der Waals surface area contributed by atoms with Gasteiger partial charge in [-0.25, -0.2) is 21.6 Å². The third-order valence-electron chi connectivity index (χ3n) is 8.17. The number of nitro groups is 2. The number of benzene rings is 2. The molecule has 0 aromatic heterocycles. The summed E-state index contributed by atoms with van der Waals surface area (Å²) < 4.78 is 80.9. The predicted molar refractivity (Wildman–Crippen MR) is 159 cm³/mol. The first-order valence-corrected chi connectivity index (χ1v) is 17.0. The third-order valence-corrected chi connectivity index (χ3v) is 11.7. The maximum Gasteiger partial charge on any atom is 0.269 e. The van der Waals surface area contributed by atoms with Gasteiger partial charge in [-0.3, -0.25) is 20.2 Å². The number of hydrogen-bond acceptors (Lipinski definition) is 13. The predicted octanol–water partition coefficient (Wildman–Crippen LogP) is 1.89. The summed E-state index contributed by atoms with van der Waals surface area (Å²) in [5.41, 5.74) is -1.97. The minimum absolute atomic E-state index is 0.0204. The van der Waals surface area contributed by atoms with Crippen molar-refractivity contribution in [2.75, 3.05) is 14.2 Å². The van der Waals surface area contributed by atoms with Gasteiger partial charge in [-0.2, -0.15) is 4.31 Å². The molecular weight excluding hydrogens is 652 g/mol. The van der Waals surface area contributed by atoms with Gasteiger partial charge in [0.05, 0.1) is 49.5 Å². The molecule has 2 aliphatic heterocycles. The minimum Gasteiger partial charge on any atom is -0.389 e. The van der Waals surface area contributed by atoms with Crippen LogP contribution in [0, 0.1) is 20.2 Å². The molecule has 0 spiro atoms. The van der Waals surface area contributed by atoms with Crippen LogP contribution in [0.3, 0.4) is 0 Å². The van der Waals surface area contributed by atoms with Crippen molar-refractivity contribution in [1.82, 2.24) is 9.03 Å². The summed E-state index contributed by atoms with van der Waals surface area (Å²) in [6, 6.07) is 7.61. The summed E-state index contributed by atoms with van der Waals surface area (Å²) in [6.07, 6.45) is -6.20. The number of likely N-dealkylation sites (N-methyl/N-ethyl adjacent to an activating group) is 1. The first-order valence-electron chi connectivity index (χ1n) is 14.1. The van der Waals surface area contributed by atoms with Crippen LogP contribution < -0.4 is 4.72 Å². The zero-order valence-corrected chi connectivity index (χ0v) is 27.2. The average Bonchev–Trinajstić information content (AvgIpc) is 2.99. The van der Waals surface area contributed by atoms with Crippen LogP contribution in [0.1, 0.15) is 33.6 Å². The molecule has 19 heteroatoms. The van der Waals surface area contributed by atoms with Crippen molar-refractivity contribution in [3.8, 4) is 0 Å². The van der Waals surface area contributed by atoms with E-state index in [1.54, 1.807) is 13.8 Å². The van der Waals surface area contributed by atoms with Crippen molar-refractivity contribution in [1.29, 1.82) is 0 Å². The minimum atomic E-state index is -4.27. The molecule has 0 bridgehead atoms. The Morgan fingerprint density at radius 3 is 1.91 bits per heavy atom. The topological polar surface area (TPSA) is 227 Å². The molecule has 17 nitrogen and oxygen atoms in total. The molecule has 2 aliphatic rings. The fourth-order valence-corrected chi connectivity index (χ4v) is 8.48. The molecule has 4 rings (SSSR count). The number of nitrogens with zero attached hydrogens (tertiary/aromatic N) is 3. The highest BCUT2D eigenvalue weighted by atomic mass is 32.2. The zero-order chi connectivity index (χ0) is 34.2. The normalized spacial score (nSPS) is 30.6. The fraction of sp³-hybridized carbons (Fsp3) is 0.556. The molecular formula is C27H36N4O13S2. The van der Waals surface area contributed by atoms with E-state index >= 15 is 0 Å². The van der Waals surface area contributed by atoms with E-state index in [1.165, 1.54) is 21.1 Å². The van der Waals surface area contributed by atoms with Gasteiger partial charge in [-0.1, -0.05) is 0 Å². The van der Waals surface area contributed by atoms with E-state index in [0.717, 1.165) is 52.8 Å². The van der Waals surface area contributed by atoms with E-state index < -0.39 is 78.5 Å². The molecule has 8 atom stereocenters. The highest BCUT2D eigenvalue weighted by Gasteiger charge is 2.51. The first-order chi connectivity index (χ1) is 21.4. The maximum atomic E-state index is 13.5. The van der Waals surface area contributed by atoms with Gasteiger partial charge >= 0.3 is 0 Å². The summed E-state index contributed by atoms with van der Waals surface area (Å²) in [4.78, 5) is 20.3. The van der Waals surface area contributed by atoms with Crippen molar-refractivity contribution < 1.29 is 50.7 Å². The molecule has 2 fully saturated rings. The third kappa shape index (κ3) is 7.37. The molecule has 254 valence electrons. The lowest BCUT2D eigenvalue weighted by molar-refractivity contribution is -0.385. The second-order valence-electron chi connectivity index (χ2n) is 11.4. The monoisotopic (exact) mass is 688 g/mol. The Bertz CT molecular complexity index is 1640. The number of methoxy groups -OCH3 is 1. The van der Waals surface area contributed by atoms with Crippen molar-refractivity contribution in [3.05, 3.63) is 68.8 Å². The molecule has 2 aromatic rings. The Balaban J connectivity index is 1.59.